The lowest BCUT2D eigenvalue weighted by atomic mass is 9.95. The number of hydrogen-bond donors (Lipinski definition) is 0. The number of carbonyl (C=O) groups excluding carboxylic acids is 1. The molecule has 23 heavy (non-hydrogen) atoms. The molecule has 5 heteroatoms. The predicted molar refractivity (Wildman–Crippen MR) is 88.3 cm³/mol. The van der Waals surface area contributed by atoms with Gasteiger partial charge in [-0.1, -0.05) is 18.2 Å². The summed E-state index contributed by atoms with van der Waals surface area (Å²) < 4.78 is 7.55. The van der Waals surface area contributed by atoms with Crippen LogP contribution in [0.5, 0.6) is 5.75 Å². The molecule has 0 spiro atoms. The van der Waals surface area contributed by atoms with Gasteiger partial charge in [0.25, 0.3) is 0 Å². The van der Waals surface area contributed by atoms with E-state index in [-0.39, 0.29) is 11.8 Å². The topological polar surface area (TPSA) is 47.4 Å². The van der Waals surface area contributed by atoms with Crippen molar-refractivity contribution < 1.29 is 9.53 Å². The summed E-state index contributed by atoms with van der Waals surface area (Å²) in [5.41, 5.74) is 2.28. The molecule has 5 nitrogen and oxygen atoms in total. The fraction of sp³-hybridized carbons (Fsp3) is 0.444. The quantitative estimate of drug-likeness (QED) is 0.868. The van der Waals surface area contributed by atoms with Crippen molar-refractivity contribution in [2.75, 3.05) is 20.2 Å². The summed E-state index contributed by atoms with van der Waals surface area (Å²) in [6, 6.07) is 8.01. The number of nitrogens with zero attached hydrogens (tertiary/aromatic N) is 3. The number of benzene rings is 1. The van der Waals surface area contributed by atoms with Crippen LogP contribution in [-0.2, 0) is 24.7 Å². The lowest BCUT2D eigenvalue weighted by molar-refractivity contribution is -0.134. The molecule has 0 bridgehead atoms. The minimum atomic E-state index is -0.00227. The van der Waals surface area contributed by atoms with E-state index in [2.05, 4.69) is 11.2 Å². The van der Waals surface area contributed by atoms with E-state index in [0.29, 0.717) is 13.2 Å². The van der Waals surface area contributed by atoms with Gasteiger partial charge in [-0.25, -0.2) is 0 Å². The van der Waals surface area contributed by atoms with Crippen molar-refractivity contribution in [3.8, 4) is 5.75 Å². The average molecular weight is 313 g/mol. The second kappa shape index (κ2) is 6.86. The summed E-state index contributed by atoms with van der Waals surface area (Å²) in [5.74, 6) is 1.12. The monoisotopic (exact) mass is 313 g/mol. The Morgan fingerprint density at radius 3 is 3.04 bits per heavy atom. The molecule has 0 radical (unpaired) electrons. The number of hydrogen-bond acceptors (Lipinski definition) is 3. The van der Waals surface area contributed by atoms with Crippen LogP contribution in [0.15, 0.2) is 36.7 Å². The molecule has 1 aromatic carbocycles. The SMILES string of the molecule is CN(CCc1cnn(C)c1)C(=O)[C@H]1CCOc2ccccc2C1. The average Bonchev–Trinajstić information content (AvgIpc) is 2.85. The summed E-state index contributed by atoms with van der Waals surface area (Å²) >= 11 is 0. The third-order valence-corrected chi connectivity index (χ3v) is 4.38. The van der Waals surface area contributed by atoms with Crippen molar-refractivity contribution in [3.05, 3.63) is 47.8 Å². The molecule has 122 valence electrons. The highest BCUT2D eigenvalue weighted by Gasteiger charge is 2.26. The van der Waals surface area contributed by atoms with Crippen LogP contribution >= 0.6 is 0 Å². The maximum Gasteiger partial charge on any atom is 0.225 e. The van der Waals surface area contributed by atoms with Crippen molar-refractivity contribution in [2.24, 2.45) is 13.0 Å². The zero-order valence-corrected chi connectivity index (χ0v) is 13.7. The first-order valence-electron chi connectivity index (χ1n) is 8.06. The zero-order valence-electron chi connectivity index (χ0n) is 13.7. The molecule has 0 unspecified atom stereocenters. The van der Waals surface area contributed by atoms with Gasteiger partial charge in [0.05, 0.1) is 12.8 Å². The number of carbonyl (C=O) groups is 1. The Hall–Kier alpha value is -2.30. The Bertz CT molecular complexity index is 680. The first-order valence-corrected chi connectivity index (χ1v) is 8.06. The van der Waals surface area contributed by atoms with E-state index in [9.17, 15) is 4.79 Å². The molecule has 1 aliphatic heterocycles. The predicted octanol–water partition coefficient (Wildman–Crippen LogP) is 2.06. The third-order valence-electron chi connectivity index (χ3n) is 4.38. The van der Waals surface area contributed by atoms with Crippen LogP contribution in [0.2, 0.25) is 0 Å². The molecule has 0 saturated heterocycles. The Labute approximate surface area is 136 Å². The molecular formula is C18H23N3O2. The molecule has 0 saturated carbocycles. The summed E-state index contributed by atoms with van der Waals surface area (Å²) in [6.07, 6.45) is 6.20. The Morgan fingerprint density at radius 1 is 1.43 bits per heavy atom. The van der Waals surface area contributed by atoms with E-state index < -0.39 is 0 Å². The standard InChI is InChI=1S/C18H23N3O2/c1-20(9-7-14-12-19-21(2)13-14)18(22)16-8-10-23-17-6-4-3-5-15(17)11-16/h3-6,12-13,16H,7-11H2,1-2H3/t16-/m0/s1. The van der Waals surface area contributed by atoms with Crippen molar-refractivity contribution in [1.29, 1.82) is 0 Å². The fourth-order valence-corrected chi connectivity index (χ4v) is 3.02. The van der Waals surface area contributed by atoms with Crippen LogP contribution in [0.1, 0.15) is 17.5 Å². The van der Waals surface area contributed by atoms with Crippen LogP contribution in [0.25, 0.3) is 0 Å². The lowest BCUT2D eigenvalue weighted by Crippen LogP contribution is -2.35. The molecule has 0 fully saturated rings. The van der Waals surface area contributed by atoms with E-state index in [1.165, 1.54) is 0 Å². The normalized spacial score (nSPS) is 17.0. The molecule has 1 aromatic heterocycles. The Kier molecular flexibility index (Phi) is 4.65. The number of aryl methyl sites for hydroxylation is 1. The Morgan fingerprint density at radius 2 is 2.26 bits per heavy atom. The molecule has 3 rings (SSSR count). The van der Waals surface area contributed by atoms with E-state index in [0.717, 1.165) is 36.1 Å². The Balaban J connectivity index is 1.60. The smallest absolute Gasteiger partial charge is 0.225 e. The van der Waals surface area contributed by atoms with Crippen molar-refractivity contribution in [2.45, 2.75) is 19.3 Å². The molecule has 1 atom stereocenters. The fourth-order valence-electron chi connectivity index (χ4n) is 3.02. The van der Waals surface area contributed by atoms with Crippen LogP contribution < -0.4 is 4.74 Å². The molecular weight excluding hydrogens is 290 g/mol. The van der Waals surface area contributed by atoms with Crippen LogP contribution in [0.3, 0.4) is 0 Å². The molecule has 0 aliphatic carbocycles. The van der Waals surface area contributed by atoms with Gasteiger partial charge < -0.3 is 9.64 Å². The van der Waals surface area contributed by atoms with Gasteiger partial charge in [-0.2, -0.15) is 5.10 Å². The molecule has 0 N–H and O–H groups in total. The van der Waals surface area contributed by atoms with Gasteiger partial charge in [0, 0.05) is 32.8 Å². The number of para-hydroxylation sites is 1. The van der Waals surface area contributed by atoms with E-state index >= 15 is 0 Å². The maximum absolute atomic E-state index is 12.7. The van der Waals surface area contributed by atoms with Gasteiger partial charge in [0.1, 0.15) is 5.75 Å². The summed E-state index contributed by atoms with van der Waals surface area (Å²) in [4.78, 5) is 14.6. The lowest BCUT2D eigenvalue weighted by Gasteiger charge is -2.22. The number of ether oxygens (including phenoxy) is 1. The van der Waals surface area contributed by atoms with Crippen molar-refractivity contribution >= 4 is 5.91 Å². The largest absolute Gasteiger partial charge is 0.493 e. The number of likely N-dealkylation sites (N-methyl/N-ethyl adjacent to an activating group) is 1. The zero-order chi connectivity index (χ0) is 16.2. The second-order valence-electron chi connectivity index (χ2n) is 6.18. The minimum Gasteiger partial charge on any atom is -0.493 e. The van der Waals surface area contributed by atoms with Gasteiger partial charge in [0.2, 0.25) is 5.91 Å². The highest BCUT2D eigenvalue weighted by molar-refractivity contribution is 5.79. The van der Waals surface area contributed by atoms with Crippen LogP contribution in [0.4, 0.5) is 0 Å². The van der Waals surface area contributed by atoms with E-state index in [4.69, 9.17) is 4.74 Å². The number of aromatic nitrogens is 2. The van der Waals surface area contributed by atoms with Gasteiger partial charge in [-0.05, 0) is 36.5 Å². The van der Waals surface area contributed by atoms with Gasteiger partial charge >= 0.3 is 0 Å². The highest BCUT2D eigenvalue weighted by atomic mass is 16.5. The number of amides is 1. The van der Waals surface area contributed by atoms with E-state index in [1.807, 2.05) is 49.6 Å². The van der Waals surface area contributed by atoms with Crippen molar-refractivity contribution in [1.82, 2.24) is 14.7 Å². The van der Waals surface area contributed by atoms with Gasteiger partial charge in [-0.15, -0.1) is 0 Å². The molecule has 2 aromatic rings. The first-order chi connectivity index (χ1) is 11.1. The minimum absolute atomic E-state index is 0.00227. The van der Waals surface area contributed by atoms with Crippen LogP contribution in [-0.4, -0.2) is 40.8 Å². The highest BCUT2D eigenvalue weighted by Crippen LogP contribution is 2.27. The van der Waals surface area contributed by atoms with Gasteiger partial charge in [-0.3, -0.25) is 9.48 Å². The molecule has 1 amide bonds. The van der Waals surface area contributed by atoms with Crippen molar-refractivity contribution in [3.63, 3.8) is 0 Å². The summed E-state index contributed by atoms with van der Waals surface area (Å²) in [6.45, 7) is 1.31. The molecule has 1 aliphatic rings. The third kappa shape index (κ3) is 3.73. The van der Waals surface area contributed by atoms with Crippen LogP contribution in [0, 0.1) is 5.92 Å². The maximum atomic E-state index is 12.7. The molecule has 2 heterocycles. The van der Waals surface area contributed by atoms with Gasteiger partial charge in [0.15, 0.2) is 0 Å². The van der Waals surface area contributed by atoms with E-state index in [1.54, 1.807) is 4.68 Å². The first kappa shape index (κ1) is 15.6. The second-order valence-corrected chi connectivity index (χ2v) is 6.18. The number of fused-ring (bicyclic) bond motifs is 1. The summed E-state index contributed by atoms with van der Waals surface area (Å²) in [7, 11) is 3.79. The number of rotatable bonds is 4. The summed E-state index contributed by atoms with van der Waals surface area (Å²) in [5, 5.41) is 4.16.